The molecule has 2 heterocycles. The predicted molar refractivity (Wildman–Crippen MR) is 97.5 cm³/mol. The number of anilines is 1. The molecule has 0 bridgehead atoms. The van der Waals surface area contributed by atoms with Crippen LogP contribution in [0.4, 0.5) is 19.0 Å². The first-order chi connectivity index (χ1) is 12.8. The van der Waals surface area contributed by atoms with E-state index in [1.165, 1.54) is 4.52 Å². The summed E-state index contributed by atoms with van der Waals surface area (Å²) in [7, 11) is 1.60. The summed E-state index contributed by atoms with van der Waals surface area (Å²) in [6, 6.07) is 8.70. The number of aryl methyl sites for hydroxylation is 1. The molecular weight excluding hydrogens is 379 g/mol. The normalized spacial score (nSPS) is 14.5. The molecule has 8 heteroatoms. The first-order valence-corrected chi connectivity index (χ1v) is 8.81. The maximum absolute atomic E-state index is 13.3. The van der Waals surface area contributed by atoms with Gasteiger partial charge in [-0.2, -0.15) is 18.3 Å². The Morgan fingerprint density at radius 2 is 1.89 bits per heavy atom. The molecule has 1 N–H and O–H groups in total. The van der Waals surface area contributed by atoms with Crippen molar-refractivity contribution < 1.29 is 18.0 Å². The molecule has 3 aromatic rings. The second-order valence-electron chi connectivity index (χ2n) is 6.45. The molecule has 0 saturated carbocycles. The van der Waals surface area contributed by atoms with Gasteiger partial charge in [0.1, 0.15) is 5.82 Å². The van der Waals surface area contributed by atoms with Crippen LogP contribution in [-0.2, 0) is 12.6 Å². The number of carbonyl (C=O) groups excluding carboxylic acids is 1. The Hall–Kier alpha value is -2.54. The lowest BCUT2D eigenvalue weighted by Gasteiger charge is -2.16. The molecule has 0 aliphatic heterocycles. The number of nitrogens with zero attached hydrogens (tertiary/aromatic N) is 2. The fourth-order valence-electron chi connectivity index (χ4n) is 3.53. The number of Topliss-reactive ketones (excluding diaryl/α,β-unsaturated/α-hetero) is 1. The van der Waals surface area contributed by atoms with Gasteiger partial charge in [0.2, 0.25) is 0 Å². The maximum Gasteiger partial charge on any atom is 0.436 e. The molecule has 27 heavy (non-hydrogen) atoms. The molecule has 1 aliphatic carbocycles. The van der Waals surface area contributed by atoms with Crippen molar-refractivity contribution >= 4 is 28.7 Å². The summed E-state index contributed by atoms with van der Waals surface area (Å²) in [6.07, 6.45) is -2.60. The molecule has 4 rings (SSSR count). The van der Waals surface area contributed by atoms with Crippen LogP contribution in [0, 0.1) is 0 Å². The summed E-state index contributed by atoms with van der Waals surface area (Å²) in [5.41, 5.74) is 1.88. The number of hydrogen-bond acceptors (Lipinski definition) is 3. The van der Waals surface area contributed by atoms with Gasteiger partial charge in [0, 0.05) is 24.6 Å². The van der Waals surface area contributed by atoms with Crippen molar-refractivity contribution in [2.45, 2.75) is 25.4 Å². The third-order valence-corrected chi connectivity index (χ3v) is 5.17. The van der Waals surface area contributed by atoms with Gasteiger partial charge < -0.3 is 5.32 Å². The van der Waals surface area contributed by atoms with Crippen LogP contribution in [0.2, 0.25) is 5.02 Å². The van der Waals surface area contributed by atoms with Gasteiger partial charge in [-0.1, -0.05) is 29.8 Å². The quantitative estimate of drug-likeness (QED) is 0.648. The molecule has 2 aromatic heterocycles. The number of halogens is 4. The van der Waals surface area contributed by atoms with Gasteiger partial charge in [-0.3, -0.25) is 4.79 Å². The second-order valence-corrected chi connectivity index (χ2v) is 6.83. The Balaban J connectivity index is 1.98. The molecule has 0 amide bonds. The van der Waals surface area contributed by atoms with Crippen LogP contribution in [-0.4, -0.2) is 22.4 Å². The molecule has 0 saturated heterocycles. The predicted octanol–water partition coefficient (Wildman–Crippen LogP) is 5.23. The zero-order valence-corrected chi connectivity index (χ0v) is 15.1. The lowest BCUT2D eigenvalue weighted by molar-refractivity contribution is -0.141. The number of benzene rings is 1. The maximum atomic E-state index is 13.3. The smallest absolute Gasteiger partial charge is 0.373 e. The number of ketones is 1. The van der Waals surface area contributed by atoms with E-state index in [1.54, 1.807) is 31.3 Å². The van der Waals surface area contributed by atoms with Crippen LogP contribution in [0.5, 0.6) is 0 Å². The van der Waals surface area contributed by atoms with Gasteiger partial charge in [0.05, 0.1) is 10.5 Å². The van der Waals surface area contributed by atoms with Gasteiger partial charge in [-0.25, -0.2) is 4.52 Å². The number of aromatic nitrogens is 2. The average molecular weight is 394 g/mol. The summed E-state index contributed by atoms with van der Waals surface area (Å²) in [4.78, 5) is 12.0. The van der Waals surface area contributed by atoms with Crippen LogP contribution in [0.25, 0.3) is 16.6 Å². The molecule has 1 aliphatic rings. The summed E-state index contributed by atoms with van der Waals surface area (Å²) in [6.45, 7) is 0. The Labute approximate surface area is 157 Å². The standard InChI is InChI=1S/C19H15ClF3N3O/c1-24-15-8-7-13(17-16(20)18(19(21,22)23)25-26(15)17)11-5-6-12-10(9-11)3-2-4-14(12)27/h5-9,24H,2-4H2,1H3. The van der Waals surface area contributed by atoms with Gasteiger partial charge in [0.15, 0.2) is 11.5 Å². The zero-order chi connectivity index (χ0) is 19.3. The molecule has 0 radical (unpaired) electrons. The van der Waals surface area contributed by atoms with Crippen LogP contribution in [0.15, 0.2) is 30.3 Å². The lowest BCUT2D eigenvalue weighted by atomic mass is 9.88. The summed E-state index contributed by atoms with van der Waals surface area (Å²) < 4.78 is 41.1. The number of hydrogen-bond donors (Lipinski definition) is 1. The van der Waals surface area contributed by atoms with E-state index in [0.29, 0.717) is 28.9 Å². The van der Waals surface area contributed by atoms with Gasteiger partial charge in [0.25, 0.3) is 0 Å². The van der Waals surface area contributed by atoms with E-state index in [2.05, 4.69) is 10.4 Å². The van der Waals surface area contributed by atoms with E-state index in [1.807, 2.05) is 6.07 Å². The zero-order valence-electron chi connectivity index (χ0n) is 14.3. The minimum absolute atomic E-state index is 0.0974. The van der Waals surface area contributed by atoms with Gasteiger partial charge in [-0.05, 0) is 36.1 Å². The number of nitrogens with one attached hydrogen (secondary N) is 1. The Kier molecular flexibility index (Phi) is 4.14. The average Bonchev–Trinajstić information content (AvgIpc) is 2.99. The van der Waals surface area contributed by atoms with E-state index < -0.39 is 16.9 Å². The minimum atomic E-state index is -4.66. The number of fused-ring (bicyclic) bond motifs is 2. The van der Waals surface area contributed by atoms with E-state index in [0.717, 1.165) is 18.4 Å². The first kappa shape index (κ1) is 17.9. The van der Waals surface area contributed by atoms with Crippen LogP contribution in [0.3, 0.4) is 0 Å². The highest BCUT2D eigenvalue weighted by atomic mass is 35.5. The minimum Gasteiger partial charge on any atom is -0.373 e. The lowest BCUT2D eigenvalue weighted by Crippen LogP contribution is -2.10. The highest BCUT2D eigenvalue weighted by Gasteiger charge is 2.38. The molecular formula is C19H15ClF3N3O. The number of alkyl halides is 3. The van der Waals surface area contributed by atoms with E-state index in [-0.39, 0.29) is 11.3 Å². The van der Waals surface area contributed by atoms with Crippen LogP contribution in [0.1, 0.15) is 34.5 Å². The summed E-state index contributed by atoms with van der Waals surface area (Å²) in [5, 5.41) is 6.07. The monoisotopic (exact) mass is 393 g/mol. The van der Waals surface area contributed by atoms with Crippen molar-refractivity contribution in [2.24, 2.45) is 0 Å². The first-order valence-electron chi connectivity index (χ1n) is 8.44. The van der Waals surface area contributed by atoms with Gasteiger partial charge >= 0.3 is 6.18 Å². The van der Waals surface area contributed by atoms with Crippen molar-refractivity contribution in [3.63, 3.8) is 0 Å². The van der Waals surface area contributed by atoms with Crippen molar-refractivity contribution in [3.8, 4) is 11.1 Å². The van der Waals surface area contributed by atoms with Crippen molar-refractivity contribution in [2.75, 3.05) is 12.4 Å². The molecule has 1 aromatic carbocycles. The molecule has 0 spiro atoms. The summed E-state index contributed by atoms with van der Waals surface area (Å²) >= 11 is 6.11. The number of pyridine rings is 1. The Bertz CT molecular complexity index is 1070. The van der Waals surface area contributed by atoms with E-state index in [4.69, 9.17) is 11.6 Å². The van der Waals surface area contributed by atoms with Crippen LogP contribution >= 0.6 is 11.6 Å². The SMILES string of the molecule is CNc1ccc(-c2ccc3c(c2)CCCC3=O)c2c(Cl)c(C(F)(F)F)nn12. The molecule has 0 fully saturated rings. The van der Waals surface area contributed by atoms with Crippen molar-refractivity contribution in [1.29, 1.82) is 0 Å². The Morgan fingerprint density at radius 1 is 1.15 bits per heavy atom. The van der Waals surface area contributed by atoms with Gasteiger partial charge in [-0.15, -0.1) is 0 Å². The molecule has 140 valence electrons. The van der Waals surface area contributed by atoms with Crippen molar-refractivity contribution in [3.05, 3.63) is 52.2 Å². The Morgan fingerprint density at radius 3 is 2.59 bits per heavy atom. The second kappa shape index (κ2) is 6.27. The third-order valence-electron chi connectivity index (χ3n) is 4.81. The largest absolute Gasteiger partial charge is 0.436 e. The third kappa shape index (κ3) is 2.86. The van der Waals surface area contributed by atoms with Crippen LogP contribution < -0.4 is 5.32 Å². The number of carbonyl (C=O) groups is 1. The fourth-order valence-corrected chi connectivity index (χ4v) is 3.86. The highest BCUT2D eigenvalue weighted by molar-refractivity contribution is 6.35. The topological polar surface area (TPSA) is 46.4 Å². The number of rotatable bonds is 2. The highest BCUT2D eigenvalue weighted by Crippen LogP contribution is 2.41. The molecule has 0 unspecified atom stereocenters. The van der Waals surface area contributed by atoms with E-state index >= 15 is 0 Å². The summed E-state index contributed by atoms with van der Waals surface area (Å²) in [5.74, 6) is 0.486. The van der Waals surface area contributed by atoms with Crippen molar-refractivity contribution in [1.82, 2.24) is 9.61 Å². The fraction of sp³-hybridized carbons (Fsp3) is 0.263. The van der Waals surface area contributed by atoms with E-state index in [9.17, 15) is 18.0 Å². The molecule has 4 nitrogen and oxygen atoms in total. The molecule has 0 atom stereocenters.